The van der Waals surface area contributed by atoms with E-state index in [1.165, 1.54) is 28.4 Å². The Balaban J connectivity index is 1.55. The van der Waals surface area contributed by atoms with E-state index in [2.05, 4.69) is 20.5 Å². The first kappa shape index (κ1) is 27.0. The van der Waals surface area contributed by atoms with Gasteiger partial charge < -0.3 is 19.9 Å². The summed E-state index contributed by atoms with van der Waals surface area (Å²) in [5, 5.41) is 22.7. The molecule has 1 aliphatic rings. The van der Waals surface area contributed by atoms with Crippen LogP contribution in [0.15, 0.2) is 24.3 Å². The summed E-state index contributed by atoms with van der Waals surface area (Å²) < 4.78 is 26.5. The maximum Gasteiger partial charge on any atom is 0.410 e. The predicted molar refractivity (Wildman–Crippen MR) is 141 cm³/mol. The third-order valence-corrected chi connectivity index (χ3v) is 7.18. The van der Waals surface area contributed by atoms with Crippen LogP contribution in [0, 0.1) is 12.7 Å². The van der Waals surface area contributed by atoms with Gasteiger partial charge in [0.2, 0.25) is 0 Å². The molecule has 0 aliphatic carbocycles. The summed E-state index contributed by atoms with van der Waals surface area (Å²) in [4.78, 5) is 17.4. The third kappa shape index (κ3) is 5.78. The maximum atomic E-state index is 15.0. The molecule has 2 N–H and O–H groups in total. The number of nitrogens with one attached hydrogen (secondary N) is 1. The van der Waals surface area contributed by atoms with E-state index in [0.29, 0.717) is 15.6 Å². The molecule has 2 atom stereocenters. The number of halogens is 2. The molecule has 0 bridgehead atoms. The number of ether oxygens (including phenoxy) is 2. The monoisotopic (exact) mass is 549 g/mol. The number of amides is 1. The number of aromatic nitrogens is 3. The summed E-state index contributed by atoms with van der Waals surface area (Å²) in [6, 6.07) is 6.02. The van der Waals surface area contributed by atoms with Crippen molar-refractivity contribution in [3.05, 3.63) is 40.8 Å². The minimum atomic E-state index is -1.14. The number of hydrogen-bond donors (Lipinski definition) is 2. The zero-order valence-electron chi connectivity index (χ0n) is 21.4. The van der Waals surface area contributed by atoms with Gasteiger partial charge in [-0.15, -0.1) is 10.2 Å². The minimum Gasteiger partial charge on any atom is -0.488 e. The van der Waals surface area contributed by atoms with E-state index in [1.807, 2.05) is 32.9 Å². The van der Waals surface area contributed by atoms with Crippen LogP contribution in [0.3, 0.4) is 0 Å². The number of hydrogen-bond acceptors (Lipinski definition) is 8. The van der Waals surface area contributed by atoms with Gasteiger partial charge in [0, 0.05) is 28.9 Å². The van der Waals surface area contributed by atoms with Crippen molar-refractivity contribution in [3.8, 4) is 26.9 Å². The highest BCUT2D eigenvalue weighted by atomic mass is 35.5. The van der Waals surface area contributed by atoms with Crippen molar-refractivity contribution in [1.82, 2.24) is 20.1 Å². The number of nitrogens with zero attached hydrogens (tertiary/aromatic N) is 4. The molecule has 37 heavy (non-hydrogen) atoms. The van der Waals surface area contributed by atoms with Crippen LogP contribution in [0.2, 0.25) is 5.02 Å². The van der Waals surface area contributed by atoms with E-state index in [9.17, 15) is 9.90 Å². The SMILES string of the molecule is Cc1cc(-c2nnc(-c3cc(F)c(OCC4C(C)OC(C)(C)N4C(=O)O)cc3Cl)s2)cc(NC(C)C)n1. The van der Waals surface area contributed by atoms with E-state index in [1.54, 1.807) is 20.8 Å². The first-order valence-corrected chi connectivity index (χ1v) is 13.0. The van der Waals surface area contributed by atoms with Gasteiger partial charge in [-0.2, -0.15) is 0 Å². The highest BCUT2D eigenvalue weighted by molar-refractivity contribution is 7.18. The lowest BCUT2D eigenvalue weighted by Crippen LogP contribution is -2.49. The summed E-state index contributed by atoms with van der Waals surface area (Å²) in [6.45, 7) is 10.9. The number of rotatable bonds is 7. The van der Waals surface area contributed by atoms with Gasteiger partial charge in [0.05, 0.1) is 17.2 Å². The van der Waals surface area contributed by atoms with Gasteiger partial charge in [-0.05, 0) is 59.7 Å². The largest absolute Gasteiger partial charge is 0.488 e. The molecule has 1 aliphatic heterocycles. The molecule has 9 nitrogen and oxygen atoms in total. The number of anilines is 1. The fourth-order valence-electron chi connectivity index (χ4n) is 4.37. The molecule has 1 saturated heterocycles. The normalized spacial score (nSPS) is 18.9. The van der Waals surface area contributed by atoms with Gasteiger partial charge in [-0.1, -0.05) is 22.9 Å². The number of pyridine rings is 1. The van der Waals surface area contributed by atoms with Crippen molar-refractivity contribution >= 4 is 34.8 Å². The van der Waals surface area contributed by atoms with Crippen LogP contribution >= 0.6 is 22.9 Å². The van der Waals surface area contributed by atoms with Crippen molar-refractivity contribution in [2.75, 3.05) is 11.9 Å². The molecular weight excluding hydrogens is 521 g/mol. The molecule has 2 aromatic heterocycles. The molecule has 0 spiro atoms. The average Bonchev–Trinajstić information content (AvgIpc) is 3.35. The Bertz CT molecular complexity index is 1320. The number of carboxylic acid groups (broad SMARTS) is 1. The van der Waals surface area contributed by atoms with Gasteiger partial charge in [0.15, 0.2) is 11.6 Å². The Morgan fingerprint density at radius 3 is 2.68 bits per heavy atom. The summed E-state index contributed by atoms with van der Waals surface area (Å²) in [5.74, 6) is 0.00100. The first-order chi connectivity index (χ1) is 17.4. The molecule has 12 heteroatoms. The Morgan fingerprint density at radius 1 is 1.30 bits per heavy atom. The van der Waals surface area contributed by atoms with Crippen LogP contribution in [-0.4, -0.2) is 61.8 Å². The van der Waals surface area contributed by atoms with Gasteiger partial charge in [0.25, 0.3) is 0 Å². The Labute approximate surface area is 223 Å². The number of benzene rings is 1. The topological polar surface area (TPSA) is 110 Å². The van der Waals surface area contributed by atoms with Gasteiger partial charge in [0.1, 0.15) is 28.2 Å². The lowest BCUT2D eigenvalue weighted by molar-refractivity contribution is -0.0621. The van der Waals surface area contributed by atoms with Crippen LogP contribution < -0.4 is 10.1 Å². The Morgan fingerprint density at radius 2 is 2.00 bits per heavy atom. The van der Waals surface area contributed by atoms with Crippen LogP contribution in [0.1, 0.15) is 40.3 Å². The lowest BCUT2D eigenvalue weighted by atomic mass is 10.1. The summed E-state index contributed by atoms with van der Waals surface area (Å²) in [6.07, 6.45) is -1.57. The fraction of sp³-hybridized carbons (Fsp3) is 0.440. The Kier molecular flexibility index (Phi) is 7.59. The summed E-state index contributed by atoms with van der Waals surface area (Å²) in [7, 11) is 0. The third-order valence-electron chi connectivity index (χ3n) is 5.86. The highest BCUT2D eigenvalue weighted by Gasteiger charge is 2.48. The molecule has 1 amide bonds. The summed E-state index contributed by atoms with van der Waals surface area (Å²) in [5.41, 5.74) is 1.03. The molecule has 1 fully saturated rings. The predicted octanol–water partition coefficient (Wildman–Crippen LogP) is 6.07. The Hall–Kier alpha value is -3.02. The standard InChI is InChI=1S/C25H29ClFN5O4S/c1-12(2)28-21-8-15(7-13(3)29-21)22-30-31-23(37-22)16-9-18(27)20(10-17(16)26)35-11-19-14(4)36-25(5,6)32(19)24(33)34/h7-10,12,14,19H,11H2,1-6H3,(H,28,29)(H,33,34). The van der Waals surface area contributed by atoms with E-state index >= 15 is 4.39 Å². The van der Waals surface area contributed by atoms with Crippen molar-refractivity contribution < 1.29 is 23.8 Å². The molecule has 0 radical (unpaired) electrons. The summed E-state index contributed by atoms with van der Waals surface area (Å²) >= 11 is 7.77. The van der Waals surface area contributed by atoms with Gasteiger partial charge in [-0.3, -0.25) is 4.90 Å². The van der Waals surface area contributed by atoms with Crippen LogP contribution in [0.5, 0.6) is 5.75 Å². The average molecular weight is 550 g/mol. The second-order valence-corrected chi connectivity index (χ2v) is 11.0. The molecule has 198 valence electrons. The molecular formula is C25H29ClFN5O4S. The van der Waals surface area contributed by atoms with Gasteiger partial charge >= 0.3 is 6.09 Å². The van der Waals surface area contributed by atoms with E-state index in [4.69, 9.17) is 21.1 Å². The fourth-order valence-corrected chi connectivity index (χ4v) is 5.53. The highest BCUT2D eigenvalue weighted by Crippen LogP contribution is 2.38. The van der Waals surface area contributed by atoms with Crippen molar-refractivity contribution in [1.29, 1.82) is 0 Å². The maximum absolute atomic E-state index is 15.0. The number of aryl methyl sites for hydroxylation is 1. The molecule has 3 aromatic rings. The smallest absolute Gasteiger partial charge is 0.410 e. The number of carbonyl (C=O) groups is 1. The first-order valence-electron chi connectivity index (χ1n) is 11.8. The van der Waals surface area contributed by atoms with Crippen molar-refractivity contribution in [3.63, 3.8) is 0 Å². The zero-order valence-corrected chi connectivity index (χ0v) is 22.9. The second kappa shape index (κ2) is 10.4. The molecule has 3 heterocycles. The quantitative estimate of drug-likeness (QED) is 0.365. The van der Waals surface area contributed by atoms with E-state index in [0.717, 1.165) is 17.1 Å². The molecule has 1 aromatic carbocycles. The van der Waals surface area contributed by atoms with Crippen LogP contribution in [0.4, 0.5) is 15.0 Å². The molecule has 2 unspecified atom stereocenters. The van der Waals surface area contributed by atoms with Crippen LogP contribution in [-0.2, 0) is 4.74 Å². The van der Waals surface area contributed by atoms with Crippen LogP contribution in [0.25, 0.3) is 21.1 Å². The van der Waals surface area contributed by atoms with E-state index < -0.39 is 29.8 Å². The zero-order chi connectivity index (χ0) is 27.1. The van der Waals surface area contributed by atoms with Gasteiger partial charge in [-0.25, -0.2) is 14.2 Å². The lowest BCUT2D eigenvalue weighted by Gasteiger charge is -2.30. The minimum absolute atomic E-state index is 0.0881. The molecule has 4 rings (SSSR count). The van der Waals surface area contributed by atoms with E-state index in [-0.39, 0.29) is 23.4 Å². The molecule has 0 saturated carbocycles. The van der Waals surface area contributed by atoms with Crippen molar-refractivity contribution in [2.45, 2.75) is 65.5 Å². The second-order valence-electron chi connectivity index (χ2n) is 9.66. The van der Waals surface area contributed by atoms with Crippen molar-refractivity contribution in [2.24, 2.45) is 0 Å².